The summed E-state index contributed by atoms with van der Waals surface area (Å²) in [6.45, 7) is 4.45. The van der Waals surface area contributed by atoms with E-state index >= 15 is 0 Å². The van der Waals surface area contributed by atoms with Crippen LogP contribution in [0.1, 0.15) is 12.5 Å². The molecule has 1 fully saturated rings. The van der Waals surface area contributed by atoms with Gasteiger partial charge < -0.3 is 9.47 Å². The minimum Gasteiger partial charge on any atom is -0.481 e. The number of aromatic nitrogens is 1. The Hall–Kier alpha value is -1.62. The summed E-state index contributed by atoms with van der Waals surface area (Å²) in [5, 5.41) is 0. The number of methoxy groups -OCH3 is 2. The summed E-state index contributed by atoms with van der Waals surface area (Å²) < 4.78 is 10.1. The summed E-state index contributed by atoms with van der Waals surface area (Å²) in [4.78, 5) is 18.1. The van der Waals surface area contributed by atoms with Crippen LogP contribution in [0.2, 0.25) is 0 Å². The van der Waals surface area contributed by atoms with Gasteiger partial charge in [0.15, 0.2) is 0 Å². The average molecular weight is 264 g/mol. The Labute approximate surface area is 113 Å². The van der Waals surface area contributed by atoms with Gasteiger partial charge in [-0.05, 0) is 12.0 Å². The largest absolute Gasteiger partial charge is 0.481 e. The Morgan fingerprint density at radius 2 is 2.26 bits per heavy atom. The van der Waals surface area contributed by atoms with E-state index in [1.165, 1.54) is 7.11 Å². The number of carbonyl (C=O) groups excluding carboxylic acids is 1. The molecule has 0 saturated carbocycles. The Morgan fingerprint density at radius 3 is 2.95 bits per heavy atom. The topological polar surface area (TPSA) is 51.7 Å². The third-order valence-electron chi connectivity index (χ3n) is 3.63. The SMILES string of the molecule is COC(=O)C1CN(Cc2cccnc2OC)CC1C. The highest BCUT2D eigenvalue weighted by Gasteiger charge is 2.35. The van der Waals surface area contributed by atoms with E-state index in [2.05, 4.69) is 16.8 Å². The van der Waals surface area contributed by atoms with Crippen molar-refractivity contribution in [3.63, 3.8) is 0 Å². The van der Waals surface area contributed by atoms with Crippen LogP contribution in [0.5, 0.6) is 5.88 Å². The molecule has 2 atom stereocenters. The number of hydrogen-bond acceptors (Lipinski definition) is 5. The molecule has 0 N–H and O–H groups in total. The Balaban J connectivity index is 2.03. The highest BCUT2D eigenvalue weighted by Crippen LogP contribution is 2.27. The van der Waals surface area contributed by atoms with Gasteiger partial charge >= 0.3 is 5.97 Å². The Kier molecular flexibility index (Phi) is 4.37. The number of ether oxygens (including phenoxy) is 2. The van der Waals surface area contributed by atoms with E-state index in [4.69, 9.17) is 9.47 Å². The predicted octanol–water partition coefficient (Wildman–Crippen LogP) is 1.33. The van der Waals surface area contributed by atoms with E-state index in [9.17, 15) is 4.79 Å². The zero-order valence-electron chi connectivity index (χ0n) is 11.6. The first-order chi connectivity index (χ1) is 9.15. The molecule has 0 aliphatic carbocycles. The molecule has 0 radical (unpaired) electrons. The molecule has 19 heavy (non-hydrogen) atoms. The first-order valence-corrected chi connectivity index (χ1v) is 6.43. The lowest BCUT2D eigenvalue weighted by atomic mass is 9.99. The van der Waals surface area contributed by atoms with Crippen molar-refractivity contribution in [2.45, 2.75) is 13.5 Å². The normalized spacial score (nSPS) is 23.3. The van der Waals surface area contributed by atoms with E-state index in [-0.39, 0.29) is 11.9 Å². The fourth-order valence-corrected chi connectivity index (χ4v) is 2.62. The number of nitrogens with zero attached hydrogens (tertiary/aromatic N) is 2. The molecule has 2 heterocycles. The highest BCUT2D eigenvalue weighted by atomic mass is 16.5. The molecular weight excluding hydrogens is 244 g/mol. The zero-order chi connectivity index (χ0) is 13.8. The fourth-order valence-electron chi connectivity index (χ4n) is 2.62. The van der Waals surface area contributed by atoms with Gasteiger partial charge in [0.1, 0.15) is 0 Å². The smallest absolute Gasteiger partial charge is 0.310 e. The van der Waals surface area contributed by atoms with Gasteiger partial charge in [-0.2, -0.15) is 0 Å². The van der Waals surface area contributed by atoms with Gasteiger partial charge in [-0.15, -0.1) is 0 Å². The van der Waals surface area contributed by atoms with Crippen LogP contribution >= 0.6 is 0 Å². The monoisotopic (exact) mass is 264 g/mol. The van der Waals surface area contributed by atoms with Crippen molar-refractivity contribution in [3.8, 4) is 5.88 Å². The lowest BCUT2D eigenvalue weighted by Crippen LogP contribution is -2.24. The van der Waals surface area contributed by atoms with Crippen molar-refractivity contribution in [2.24, 2.45) is 11.8 Å². The van der Waals surface area contributed by atoms with Crippen molar-refractivity contribution >= 4 is 5.97 Å². The minimum atomic E-state index is -0.117. The molecule has 104 valence electrons. The number of rotatable bonds is 4. The van der Waals surface area contributed by atoms with E-state index in [0.29, 0.717) is 11.8 Å². The summed E-state index contributed by atoms with van der Waals surface area (Å²) >= 11 is 0. The lowest BCUT2D eigenvalue weighted by molar-refractivity contribution is -0.146. The summed E-state index contributed by atoms with van der Waals surface area (Å²) in [5.74, 6) is 0.813. The van der Waals surface area contributed by atoms with Gasteiger partial charge in [0.2, 0.25) is 5.88 Å². The van der Waals surface area contributed by atoms with Crippen molar-refractivity contribution in [3.05, 3.63) is 23.9 Å². The Morgan fingerprint density at radius 1 is 1.47 bits per heavy atom. The third-order valence-corrected chi connectivity index (χ3v) is 3.63. The van der Waals surface area contributed by atoms with Gasteiger partial charge in [-0.1, -0.05) is 13.0 Å². The summed E-state index contributed by atoms with van der Waals surface area (Å²) in [5.41, 5.74) is 1.04. The van der Waals surface area contributed by atoms with Gasteiger partial charge in [-0.3, -0.25) is 9.69 Å². The van der Waals surface area contributed by atoms with Crippen LogP contribution in [0, 0.1) is 11.8 Å². The first kappa shape index (κ1) is 13.8. The first-order valence-electron chi connectivity index (χ1n) is 6.43. The second kappa shape index (κ2) is 6.02. The van der Waals surface area contributed by atoms with Crippen molar-refractivity contribution in [1.82, 2.24) is 9.88 Å². The zero-order valence-corrected chi connectivity index (χ0v) is 11.6. The van der Waals surface area contributed by atoms with Crippen LogP contribution in [0.4, 0.5) is 0 Å². The molecule has 0 spiro atoms. The van der Waals surface area contributed by atoms with Crippen molar-refractivity contribution in [1.29, 1.82) is 0 Å². The molecule has 1 aromatic rings. The number of hydrogen-bond donors (Lipinski definition) is 0. The average Bonchev–Trinajstić information content (AvgIpc) is 2.79. The maximum atomic E-state index is 11.7. The number of likely N-dealkylation sites (tertiary alicyclic amines) is 1. The maximum absolute atomic E-state index is 11.7. The van der Waals surface area contributed by atoms with E-state index in [0.717, 1.165) is 25.2 Å². The molecule has 5 heteroatoms. The predicted molar refractivity (Wildman–Crippen MR) is 70.7 cm³/mol. The van der Waals surface area contributed by atoms with Crippen molar-refractivity contribution < 1.29 is 14.3 Å². The number of esters is 1. The van der Waals surface area contributed by atoms with Crippen LogP contribution in [0.3, 0.4) is 0 Å². The minimum absolute atomic E-state index is 0.0346. The van der Waals surface area contributed by atoms with Gasteiger partial charge in [0.25, 0.3) is 0 Å². The van der Waals surface area contributed by atoms with Crippen LogP contribution in [0.15, 0.2) is 18.3 Å². The van der Waals surface area contributed by atoms with Crippen LogP contribution in [-0.2, 0) is 16.1 Å². The molecule has 1 aromatic heterocycles. The quantitative estimate of drug-likeness (QED) is 0.768. The molecule has 5 nitrogen and oxygen atoms in total. The van der Waals surface area contributed by atoms with Crippen LogP contribution in [-0.4, -0.2) is 43.2 Å². The summed E-state index contributed by atoms with van der Waals surface area (Å²) in [6, 6.07) is 3.90. The van der Waals surface area contributed by atoms with Crippen molar-refractivity contribution in [2.75, 3.05) is 27.3 Å². The molecule has 0 amide bonds. The second-order valence-electron chi connectivity index (χ2n) is 4.97. The van der Waals surface area contributed by atoms with Crippen LogP contribution in [0.25, 0.3) is 0 Å². The summed E-state index contributed by atoms with van der Waals surface area (Å²) in [6.07, 6.45) is 1.71. The lowest BCUT2D eigenvalue weighted by Gasteiger charge is -2.16. The molecule has 0 bridgehead atoms. The Bertz CT molecular complexity index is 450. The summed E-state index contributed by atoms with van der Waals surface area (Å²) in [7, 11) is 3.07. The maximum Gasteiger partial charge on any atom is 0.310 e. The van der Waals surface area contributed by atoms with Gasteiger partial charge in [0.05, 0.1) is 20.1 Å². The molecule has 0 aromatic carbocycles. The molecule has 1 aliphatic heterocycles. The standard InChI is InChI=1S/C14H20N2O3/c1-10-7-16(9-12(10)14(17)19-3)8-11-5-4-6-15-13(11)18-2/h4-6,10,12H,7-9H2,1-3H3. The molecular formula is C14H20N2O3. The highest BCUT2D eigenvalue weighted by molar-refractivity contribution is 5.73. The van der Waals surface area contributed by atoms with Gasteiger partial charge in [0, 0.05) is 31.4 Å². The van der Waals surface area contributed by atoms with E-state index in [1.807, 2.05) is 12.1 Å². The molecule has 2 unspecified atom stereocenters. The third kappa shape index (κ3) is 3.04. The van der Waals surface area contributed by atoms with Crippen LogP contribution < -0.4 is 4.74 Å². The van der Waals surface area contributed by atoms with E-state index < -0.39 is 0 Å². The molecule has 2 rings (SSSR count). The van der Waals surface area contributed by atoms with Gasteiger partial charge in [-0.25, -0.2) is 4.98 Å². The fraction of sp³-hybridized carbons (Fsp3) is 0.571. The van der Waals surface area contributed by atoms with E-state index in [1.54, 1.807) is 13.3 Å². The molecule has 1 saturated heterocycles. The molecule has 1 aliphatic rings. The second-order valence-corrected chi connectivity index (χ2v) is 4.97. The number of carbonyl (C=O) groups is 1. The number of pyridine rings is 1.